The Labute approximate surface area is 190 Å². The van der Waals surface area contributed by atoms with Gasteiger partial charge in [-0.3, -0.25) is 9.59 Å². The van der Waals surface area contributed by atoms with Crippen LogP contribution in [0.2, 0.25) is 5.02 Å². The first-order chi connectivity index (χ1) is 15.3. The van der Waals surface area contributed by atoms with Crippen LogP contribution in [0.1, 0.15) is 22.5 Å². The Morgan fingerprint density at radius 3 is 2.56 bits per heavy atom. The van der Waals surface area contributed by atoms with Crippen molar-refractivity contribution >= 4 is 29.7 Å². The Morgan fingerprint density at radius 1 is 1.22 bits per heavy atom. The minimum atomic E-state index is -0.365. The van der Waals surface area contributed by atoms with Gasteiger partial charge in [0.05, 0.1) is 0 Å². The maximum atomic E-state index is 13.4. The van der Waals surface area contributed by atoms with Gasteiger partial charge in [0.15, 0.2) is 11.5 Å². The second kappa shape index (κ2) is 10.4. The molecule has 0 fully saturated rings. The largest absolute Gasteiger partial charge is 0.396 e. The van der Waals surface area contributed by atoms with Crippen LogP contribution in [0.4, 0.5) is 10.2 Å². The summed E-state index contributed by atoms with van der Waals surface area (Å²) in [6.45, 7) is 0.492. The number of carbonyl (C=O) groups is 2. The third-order valence-electron chi connectivity index (χ3n) is 4.98. The molecule has 1 aromatic heterocycles. The Bertz CT molecular complexity index is 1100. The Kier molecular flexibility index (Phi) is 7.61. The zero-order valence-corrected chi connectivity index (χ0v) is 18.6. The van der Waals surface area contributed by atoms with Gasteiger partial charge in [-0.25, -0.2) is 9.37 Å². The smallest absolute Gasteiger partial charge is 0.274 e. The van der Waals surface area contributed by atoms with Crippen molar-refractivity contribution in [2.45, 2.75) is 13.0 Å². The predicted molar refractivity (Wildman–Crippen MR) is 121 cm³/mol. The first kappa shape index (κ1) is 23.4. The number of anilines is 1. The van der Waals surface area contributed by atoms with Crippen LogP contribution in [0.5, 0.6) is 0 Å². The molecular formula is C23H24ClFN4O3. The molecule has 0 aliphatic rings. The van der Waals surface area contributed by atoms with Gasteiger partial charge in [0.1, 0.15) is 11.6 Å². The molecule has 32 heavy (non-hydrogen) atoms. The van der Waals surface area contributed by atoms with Gasteiger partial charge in [0.25, 0.3) is 5.91 Å². The summed E-state index contributed by atoms with van der Waals surface area (Å²) in [5.74, 6) is -0.0849. The summed E-state index contributed by atoms with van der Waals surface area (Å²) in [5, 5.41) is 9.64. The van der Waals surface area contributed by atoms with Gasteiger partial charge in [0.2, 0.25) is 6.41 Å². The van der Waals surface area contributed by atoms with Crippen LogP contribution >= 0.6 is 11.6 Å². The maximum absolute atomic E-state index is 13.4. The fourth-order valence-electron chi connectivity index (χ4n) is 3.31. The van der Waals surface area contributed by atoms with Gasteiger partial charge in [-0.05, 0) is 36.2 Å². The molecule has 0 saturated heterocycles. The first-order valence-electron chi connectivity index (χ1n) is 10.0. The topological polar surface area (TPSA) is 78.7 Å². The summed E-state index contributed by atoms with van der Waals surface area (Å²) < 4.78 is 15.1. The molecule has 3 rings (SSSR count). The van der Waals surface area contributed by atoms with Gasteiger partial charge in [-0.15, -0.1) is 0 Å². The van der Waals surface area contributed by atoms with Crippen LogP contribution in [-0.2, 0) is 11.3 Å². The highest BCUT2D eigenvalue weighted by Crippen LogP contribution is 2.30. The van der Waals surface area contributed by atoms with Crippen LogP contribution < -0.4 is 4.90 Å². The van der Waals surface area contributed by atoms with Crippen molar-refractivity contribution in [2.75, 3.05) is 32.1 Å². The van der Waals surface area contributed by atoms with E-state index in [4.69, 9.17) is 16.7 Å². The van der Waals surface area contributed by atoms with Gasteiger partial charge < -0.3 is 19.5 Å². The second-order valence-electron chi connectivity index (χ2n) is 7.35. The molecule has 9 heteroatoms. The molecule has 0 aliphatic heterocycles. The molecule has 0 bridgehead atoms. The molecular weight excluding hydrogens is 435 g/mol. The van der Waals surface area contributed by atoms with E-state index in [-0.39, 0.29) is 36.4 Å². The van der Waals surface area contributed by atoms with Crippen LogP contribution in [0, 0.1) is 5.82 Å². The summed E-state index contributed by atoms with van der Waals surface area (Å²) in [4.78, 5) is 32.3. The Morgan fingerprint density at radius 2 is 1.94 bits per heavy atom. The number of aromatic nitrogens is 2. The van der Waals surface area contributed by atoms with E-state index >= 15 is 0 Å². The van der Waals surface area contributed by atoms with Crippen LogP contribution in [0.25, 0.3) is 11.4 Å². The molecule has 3 aromatic rings. The van der Waals surface area contributed by atoms with Crippen molar-refractivity contribution in [3.8, 4) is 11.4 Å². The minimum Gasteiger partial charge on any atom is -0.396 e. The number of amides is 2. The maximum Gasteiger partial charge on any atom is 0.274 e. The van der Waals surface area contributed by atoms with Gasteiger partial charge >= 0.3 is 0 Å². The normalized spacial score (nSPS) is 10.8. The van der Waals surface area contributed by atoms with E-state index in [1.807, 2.05) is 6.07 Å². The summed E-state index contributed by atoms with van der Waals surface area (Å²) in [5.41, 5.74) is 1.62. The fraction of sp³-hybridized carbons (Fsp3) is 0.261. The molecule has 0 saturated carbocycles. The molecule has 2 aromatic carbocycles. The van der Waals surface area contributed by atoms with Crippen molar-refractivity contribution in [3.63, 3.8) is 0 Å². The van der Waals surface area contributed by atoms with Crippen molar-refractivity contribution in [1.82, 2.24) is 14.5 Å². The summed E-state index contributed by atoms with van der Waals surface area (Å²) >= 11 is 6.19. The molecule has 168 valence electrons. The highest BCUT2D eigenvalue weighted by Gasteiger charge is 2.28. The number of rotatable bonds is 9. The summed E-state index contributed by atoms with van der Waals surface area (Å²) in [6.07, 6.45) is 0.991. The number of benzene rings is 2. The Balaban J connectivity index is 2.21. The van der Waals surface area contributed by atoms with Crippen molar-refractivity contribution in [2.24, 2.45) is 0 Å². The molecule has 0 unspecified atom stereocenters. The molecule has 2 amide bonds. The molecule has 0 spiro atoms. The SMILES string of the molecule is CN(CCCO)C(=O)c1c(N(C)C=O)nc(-c2cccc(Cl)c2)n1Cc1ccc(F)cc1. The van der Waals surface area contributed by atoms with Crippen molar-refractivity contribution in [3.05, 3.63) is 70.6 Å². The van der Waals surface area contributed by atoms with Gasteiger partial charge in [-0.1, -0.05) is 35.9 Å². The lowest BCUT2D eigenvalue weighted by Gasteiger charge is -2.20. The van der Waals surface area contributed by atoms with E-state index in [1.54, 1.807) is 41.9 Å². The van der Waals surface area contributed by atoms with Crippen molar-refractivity contribution in [1.29, 1.82) is 0 Å². The lowest BCUT2D eigenvalue weighted by molar-refractivity contribution is -0.107. The first-order valence-corrected chi connectivity index (χ1v) is 10.4. The van der Waals surface area contributed by atoms with E-state index < -0.39 is 0 Å². The highest BCUT2D eigenvalue weighted by atomic mass is 35.5. The zero-order valence-electron chi connectivity index (χ0n) is 17.8. The van der Waals surface area contributed by atoms with Gasteiger partial charge in [-0.2, -0.15) is 0 Å². The van der Waals surface area contributed by atoms with E-state index in [1.165, 1.54) is 29.0 Å². The molecule has 1 N–H and O–H groups in total. The molecule has 7 nitrogen and oxygen atoms in total. The fourth-order valence-corrected chi connectivity index (χ4v) is 3.50. The van der Waals surface area contributed by atoms with Gasteiger partial charge in [0, 0.05) is 44.4 Å². The monoisotopic (exact) mass is 458 g/mol. The number of hydrogen-bond donors (Lipinski definition) is 1. The van der Waals surface area contributed by atoms with E-state index in [0.717, 1.165) is 5.56 Å². The number of aliphatic hydroxyl groups excluding tert-OH is 1. The quantitative estimate of drug-likeness (QED) is 0.498. The highest BCUT2D eigenvalue weighted by molar-refractivity contribution is 6.30. The second-order valence-corrected chi connectivity index (χ2v) is 7.79. The predicted octanol–water partition coefficient (Wildman–Crippen LogP) is 3.44. The lowest BCUT2D eigenvalue weighted by atomic mass is 10.2. The standard InChI is InChI=1S/C23H24ClFN4O3/c1-27(11-4-12-30)23(32)20-22(28(2)15-31)26-21(17-5-3-6-18(24)13-17)29(20)14-16-7-9-19(25)10-8-16/h3,5-10,13,15,30H,4,11-12,14H2,1-2H3. The molecule has 0 aliphatic carbocycles. The van der Waals surface area contributed by atoms with E-state index in [9.17, 15) is 14.0 Å². The number of hydrogen-bond acceptors (Lipinski definition) is 4. The zero-order chi connectivity index (χ0) is 23.3. The third-order valence-corrected chi connectivity index (χ3v) is 5.21. The van der Waals surface area contributed by atoms with E-state index in [0.29, 0.717) is 35.8 Å². The third kappa shape index (κ3) is 5.15. The average Bonchev–Trinajstić information content (AvgIpc) is 3.16. The Hall–Kier alpha value is -3.23. The lowest BCUT2D eigenvalue weighted by Crippen LogP contribution is -2.32. The number of carbonyl (C=O) groups excluding carboxylic acids is 2. The van der Waals surface area contributed by atoms with E-state index in [2.05, 4.69) is 4.98 Å². The molecule has 0 radical (unpaired) electrons. The van der Waals surface area contributed by atoms with Crippen LogP contribution in [-0.4, -0.2) is 59.1 Å². The van der Waals surface area contributed by atoms with Crippen molar-refractivity contribution < 1.29 is 19.1 Å². The average molecular weight is 459 g/mol. The van der Waals surface area contributed by atoms with Crippen LogP contribution in [0.15, 0.2) is 48.5 Å². The minimum absolute atomic E-state index is 0.0542. The summed E-state index contributed by atoms with van der Waals surface area (Å²) in [7, 11) is 3.14. The number of imidazole rings is 1. The number of aliphatic hydroxyl groups is 1. The summed E-state index contributed by atoms with van der Waals surface area (Å²) in [6, 6.07) is 13.0. The molecule has 1 heterocycles. The number of halogens is 2. The number of nitrogens with zero attached hydrogens (tertiary/aromatic N) is 4. The molecule has 0 atom stereocenters. The van der Waals surface area contributed by atoms with Crippen LogP contribution in [0.3, 0.4) is 0 Å².